The van der Waals surface area contributed by atoms with Crippen molar-refractivity contribution in [2.24, 2.45) is 5.73 Å². The molecule has 0 bridgehead atoms. The summed E-state index contributed by atoms with van der Waals surface area (Å²) in [5.41, 5.74) is 8.05. The molecule has 0 saturated carbocycles. The van der Waals surface area contributed by atoms with E-state index in [4.69, 9.17) is 5.73 Å². The Labute approximate surface area is 167 Å². The summed E-state index contributed by atoms with van der Waals surface area (Å²) in [7, 11) is -3.51. The number of fused-ring (bicyclic) bond motifs is 2. The average Bonchev–Trinajstić information content (AvgIpc) is 3.14. The van der Waals surface area contributed by atoms with E-state index in [2.05, 4.69) is 20.5 Å². The molecule has 0 atom stereocenters. The first-order chi connectivity index (χ1) is 13.8. The average molecular weight is 409 g/mol. The fourth-order valence-electron chi connectivity index (χ4n) is 3.19. The number of anilines is 2. The number of aromatic amines is 1. The molecule has 2 aromatic carbocycles. The molecule has 0 unspecified atom stereocenters. The van der Waals surface area contributed by atoms with Crippen LogP contribution in [0.5, 0.6) is 0 Å². The Bertz CT molecular complexity index is 1360. The maximum atomic E-state index is 12.7. The van der Waals surface area contributed by atoms with Gasteiger partial charge in [-0.15, -0.1) is 0 Å². The van der Waals surface area contributed by atoms with E-state index in [1.165, 1.54) is 6.20 Å². The Hall–Kier alpha value is -3.46. The molecular weight excluding hydrogens is 390 g/mol. The number of nitrogens with one attached hydrogen (secondary N) is 2. The summed E-state index contributed by atoms with van der Waals surface area (Å²) < 4.78 is 25.5. The second kappa shape index (κ2) is 6.85. The van der Waals surface area contributed by atoms with Crippen LogP contribution in [0.25, 0.3) is 21.8 Å². The minimum Gasteiger partial charge on any atom is -0.366 e. The molecule has 2 aromatic heterocycles. The molecule has 0 radical (unpaired) electrons. The van der Waals surface area contributed by atoms with Gasteiger partial charge in [0.05, 0.1) is 38.6 Å². The molecule has 0 aliphatic heterocycles. The number of carbonyl (C=O) groups is 1. The third-order valence-corrected chi connectivity index (χ3v) is 6.96. The maximum absolute atomic E-state index is 12.7. The number of amides is 1. The number of para-hydroxylation sites is 1. The first-order valence-electron chi connectivity index (χ1n) is 8.94. The van der Waals surface area contributed by atoms with Gasteiger partial charge in [-0.25, -0.2) is 8.42 Å². The van der Waals surface area contributed by atoms with Gasteiger partial charge in [-0.05, 0) is 38.1 Å². The summed E-state index contributed by atoms with van der Waals surface area (Å²) in [5.74, 6) is -0.586. The fourth-order valence-corrected chi connectivity index (χ4v) is 4.39. The lowest BCUT2D eigenvalue weighted by molar-refractivity contribution is 0.100. The fraction of sp³-hybridized carbons (Fsp3) is 0.150. The lowest BCUT2D eigenvalue weighted by atomic mass is 10.1. The van der Waals surface area contributed by atoms with E-state index >= 15 is 0 Å². The summed E-state index contributed by atoms with van der Waals surface area (Å²) in [6, 6.07) is 10.1. The highest BCUT2D eigenvalue weighted by Gasteiger charge is 2.23. The summed E-state index contributed by atoms with van der Waals surface area (Å²) in [4.78, 5) is 16.4. The van der Waals surface area contributed by atoms with Gasteiger partial charge in [-0.1, -0.05) is 12.1 Å². The Morgan fingerprint density at radius 3 is 2.69 bits per heavy atom. The topological polar surface area (TPSA) is 131 Å². The van der Waals surface area contributed by atoms with E-state index in [0.717, 1.165) is 10.9 Å². The van der Waals surface area contributed by atoms with Gasteiger partial charge < -0.3 is 11.1 Å². The molecule has 0 aliphatic carbocycles. The normalized spacial score (nSPS) is 12.0. The van der Waals surface area contributed by atoms with Gasteiger partial charge in [-0.3, -0.25) is 14.9 Å². The maximum Gasteiger partial charge on any atom is 0.250 e. The molecule has 9 heteroatoms. The van der Waals surface area contributed by atoms with Crippen molar-refractivity contribution in [3.8, 4) is 0 Å². The van der Waals surface area contributed by atoms with Crippen molar-refractivity contribution in [1.29, 1.82) is 0 Å². The number of nitrogens with two attached hydrogens (primary N) is 1. The summed E-state index contributed by atoms with van der Waals surface area (Å²) in [6.07, 6.45) is 3.14. The largest absolute Gasteiger partial charge is 0.366 e. The van der Waals surface area contributed by atoms with E-state index < -0.39 is 21.0 Å². The minimum atomic E-state index is -3.51. The van der Waals surface area contributed by atoms with Gasteiger partial charge in [0.2, 0.25) is 0 Å². The third-order valence-electron chi connectivity index (χ3n) is 4.77. The lowest BCUT2D eigenvalue weighted by Crippen LogP contribution is -2.15. The quantitative estimate of drug-likeness (QED) is 0.464. The second-order valence-corrected chi connectivity index (χ2v) is 9.42. The minimum absolute atomic E-state index is 0.174. The monoisotopic (exact) mass is 409 g/mol. The van der Waals surface area contributed by atoms with Crippen LogP contribution in [0.4, 0.5) is 11.4 Å². The molecule has 4 N–H and O–H groups in total. The number of H-pyrrole nitrogens is 1. The van der Waals surface area contributed by atoms with Crippen molar-refractivity contribution >= 4 is 48.9 Å². The second-order valence-electron chi connectivity index (χ2n) is 6.95. The SMILES string of the molecule is CC(C)S(=O)(=O)c1cccc2c(Nc3cc4[nH]ncc4cc3C(N)=O)ccnc12. The van der Waals surface area contributed by atoms with E-state index in [9.17, 15) is 13.2 Å². The number of hydrogen-bond acceptors (Lipinski definition) is 6. The highest BCUT2D eigenvalue weighted by atomic mass is 32.2. The molecule has 4 rings (SSSR count). The Balaban J connectivity index is 1.90. The molecule has 1 amide bonds. The number of pyridine rings is 1. The molecule has 0 aliphatic rings. The van der Waals surface area contributed by atoms with Crippen molar-refractivity contribution in [3.63, 3.8) is 0 Å². The van der Waals surface area contributed by atoms with Crippen LogP contribution in [-0.4, -0.2) is 34.8 Å². The number of hydrogen-bond donors (Lipinski definition) is 3. The predicted octanol–water partition coefficient (Wildman–Crippen LogP) is 3.14. The van der Waals surface area contributed by atoms with Crippen LogP contribution in [0.1, 0.15) is 24.2 Å². The van der Waals surface area contributed by atoms with Crippen LogP contribution in [0, 0.1) is 0 Å². The number of nitrogens with zero attached hydrogens (tertiary/aromatic N) is 2. The molecule has 148 valence electrons. The Morgan fingerprint density at radius 2 is 1.97 bits per heavy atom. The van der Waals surface area contributed by atoms with Gasteiger partial charge in [-0.2, -0.15) is 5.10 Å². The third kappa shape index (κ3) is 3.19. The molecular formula is C20H19N5O3S. The van der Waals surface area contributed by atoms with E-state index in [1.807, 2.05) is 0 Å². The van der Waals surface area contributed by atoms with Crippen LogP contribution in [0.2, 0.25) is 0 Å². The van der Waals surface area contributed by atoms with Crippen LogP contribution in [0.3, 0.4) is 0 Å². The van der Waals surface area contributed by atoms with Crippen molar-refractivity contribution in [1.82, 2.24) is 15.2 Å². The highest BCUT2D eigenvalue weighted by molar-refractivity contribution is 7.92. The van der Waals surface area contributed by atoms with Crippen LogP contribution < -0.4 is 11.1 Å². The number of benzene rings is 2. The van der Waals surface area contributed by atoms with Crippen molar-refractivity contribution in [3.05, 3.63) is 54.4 Å². The zero-order valence-corrected chi connectivity index (χ0v) is 16.6. The van der Waals surface area contributed by atoms with Crippen LogP contribution in [0.15, 0.2) is 53.7 Å². The molecule has 8 nitrogen and oxygen atoms in total. The summed E-state index contributed by atoms with van der Waals surface area (Å²) in [5, 5.41) is 10.8. The molecule has 29 heavy (non-hydrogen) atoms. The van der Waals surface area contributed by atoms with E-state index in [1.54, 1.807) is 56.4 Å². The number of rotatable bonds is 5. The molecule has 2 heterocycles. The molecule has 4 aromatic rings. The van der Waals surface area contributed by atoms with Crippen LogP contribution >= 0.6 is 0 Å². The molecule has 0 spiro atoms. The van der Waals surface area contributed by atoms with Gasteiger partial charge in [0, 0.05) is 22.7 Å². The standard InChI is InChI=1S/C20H19N5O3S/c1-11(2)29(27,28)18-5-3-4-13-15(6-7-22-19(13)18)24-17-9-16-12(10-23-25-16)8-14(17)20(21)26/h3-11H,1-2H3,(H2,21,26)(H,22,24)(H,23,25). The Morgan fingerprint density at radius 1 is 1.17 bits per heavy atom. The number of primary amides is 1. The van der Waals surface area contributed by atoms with Gasteiger partial charge in [0.15, 0.2) is 9.84 Å². The van der Waals surface area contributed by atoms with Gasteiger partial charge in [0.1, 0.15) is 0 Å². The van der Waals surface area contributed by atoms with E-state index in [-0.39, 0.29) is 4.90 Å². The number of aromatic nitrogens is 3. The highest BCUT2D eigenvalue weighted by Crippen LogP contribution is 2.32. The first-order valence-corrected chi connectivity index (χ1v) is 10.5. The summed E-state index contributed by atoms with van der Waals surface area (Å²) >= 11 is 0. The smallest absolute Gasteiger partial charge is 0.250 e. The van der Waals surface area contributed by atoms with Gasteiger partial charge in [0.25, 0.3) is 5.91 Å². The number of carbonyl (C=O) groups excluding carboxylic acids is 1. The van der Waals surface area contributed by atoms with Crippen molar-refractivity contribution in [2.75, 3.05) is 5.32 Å². The van der Waals surface area contributed by atoms with Crippen molar-refractivity contribution in [2.45, 2.75) is 24.0 Å². The Kier molecular flexibility index (Phi) is 4.46. The zero-order chi connectivity index (χ0) is 20.8. The van der Waals surface area contributed by atoms with Crippen molar-refractivity contribution < 1.29 is 13.2 Å². The summed E-state index contributed by atoms with van der Waals surface area (Å²) in [6.45, 7) is 3.27. The molecule has 0 saturated heterocycles. The molecule has 0 fully saturated rings. The number of sulfone groups is 1. The lowest BCUT2D eigenvalue weighted by Gasteiger charge is -2.15. The predicted molar refractivity (Wildman–Crippen MR) is 112 cm³/mol. The van der Waals surface area contributed by atoms with Gasteiger partial charge >= 0.3 is 0 Å². The van der Waals surface area contributed by atoms with Crippen LogP contribution in [-0.2, 0) is 9.84 Å². The van der Waals surface area contributed by atoms with E-state index in [0.29, 0.717) is 27.8 Å². The first kappa shape index (κ1) is 18.9. The zero-order valence-electron chi connectivity index (χ0n) is 15.8.